The first-order chi connectivity index (χ1) is 7.84. The molecule has 0 radical (unpaired) electrons. The van der Waals surface area contributed by atoms with Gasteiger partial charge in [0, 0.05) is 31.4 Å². The van der Waals surface area contributed by atoms with Crippen LogP contribution in [0, 0.1) is 0 Å². The molecule has 0 saturated carbocycles. The van der Waals surface area contributed by atoms with Gasteiger partial charge in [0.1, 0.15) is 0 Å². The number of carbonyl (C=O) groups excluding carboxylic acids is 1. The molecule has 1 aliphatic heterocycles. The van der Waals surface area contributed by atoms with Crippen molar-refractivity contribution in [1.29, 1.82) is 0 Å². The Bertz CT molecular complexity index is 317. The minimum atomic E-state index is 0.127. The number of carbonyl (C=O) groups is 1. The number of rotatable bonds is 4. The van der Waals surface area contributed by atoms with Crippen molar-refractivity contribution < 1.29 is 4.79 Å². The summed E-state index contributed by atoms with van der Waals surface area (Å²) in [5.41, 5.74) is 0. The van der Waals surface area contributed by atoms with Crippen LogP contribution >= 0.6 is 0 Å². The Morgan fingerprint density at radius 1 is 1.50 bits per heavy atom. The molecular weight excluding hydrogens is 204 g/mol. The number of aromatic nitrogens is 2. The molecular formula is C11H18N4O. The van der Waals surface area contributed by atoms with Crippen molar-refractivity contribution >= 4 is 5.91 Å². The smallest absolute Gasteiger partial charge is 0.222 e. The third kappa shape index (κ3) is 3.34. The molecule has 1 aliphatic rings. The summed E-state index contributed by atoms with van der Waals surface area (Å²) in [5, 5.41) is 10.4. The third-order valence-corrected chi connectivity index (χ3v) is 2.83. The van der Waals surface area contributed by atoms with Gasteiger partial charge in [-0.1, -0.05) is 0 Å². The summed E-state index contributed by atoms with van der Waals surface area (Å²) in [7, 11) is 0. The molecule has 1 aromatic heterocycles. The second-order valence-corrected chi connectivity index (χ2v) is 4.11. The molecule has 0 bridgehead atoms. The Morgan fingerprint density at radius 3 is 3.00 bits per heavy atom. The molecule has 1 fully saturated rings. The molecule has 16 heavy (non-hydrogen) atoms. The summed E-state index contributed by atoms with van der Waals surface area (Å²) in [6.45, 7) is 2.66. The van der Waals surface area contributed by atoms with Gasteiger partial charge in [0.25, 0.3) is 0 Å². The van der Waals surface area contributed by atoms with Crippen LogP contribution < -0.4 is 10.6 Å². The van der Waals surface area contributed by atoms with Gasteiger partial charge in [-0.2, -0.15) is 5.10 Å². The first-order valence-corrected chi connectivity index (χ1v) is 5.82. The number of hydrogen-bond acceptors (Lipinski definition) is 3. The molecule has 1 amide bonds. The van der Waals surface area contributed by atoms with E-state index in [4.69, 9.17) is 0 Å². The van der Waals surface area contributed by atoms with Crippen LogP contribution in [0.4, 0.5) is 0 Å². The lowest BCUT2D eigenvalue weighted by Gasteiger charge is -2.23. The molecule has 0 unspecified atom stereocenters. The molecule has 0 aromatic carbocycles. The van der Waals surface area contributed by atoms with E-state index in [1.54, 1.807) is 10.9 Å². The number of hydrogen-bond donors (Lipinski definition) is 2. The van der Waals surface area contributed by atoms with Gasteiger partial charge in [-0.3, -0.25) is 9.48 Å². The molecule has 5 nitrogen and oxygen atoms in total. The fourth-order valence-corrected chi connectivity index (χ4v) is 1.91. The Balaban J connectivity index is 1.67. The number of aryl methyl sites for hydroxylation is 1. The molecule has 1 saturated heterocycles. The molecule has 88 valence electrons. The van der Waals surface area contributed by atoms with Gasteiger partial charge in [-0.25, -0.2) is 0 Å². The molecule has 0 spiro atoms. The van der Waals surface area contributed by atoms with Crippen LogP contribution in [0.15, 0.2) is 18.5 Å². The lowest BCUT2D eigenvalue weighted by Crippen LogP contribution is -2.42. The zero-order chi connectivity index (χ0) is 11.2. The number of piperidine rings is 1. The SMILES string of the molecule is O=C(CCn1cccn1)NC1CCNCC1. The Hall–Kier alpha value is -1.36. The van der Waals surface area contributed by atoms with Crippen LogP contribution in [0.2, 0.25) is 0 Å². The second-order valence-electron chi connectivity index (χ2n) is 4.11. The molecule has 0 aliphatic carbocycles. The highest BCUT2D eigenvalue weighted by molar-refractivity contribution is 5.76. The van der Waals surface area contributed by atoms with E-state index >= 15 is 0 Å². The summed E-state index contributed by atoms with van der Waals surface area (Å²) < 4.78 is 1.78. The molecule has 2 rings (SSSR count). The van der Waals surface area contributed by atoms with E-state index in [-0.39, 0.29) is 5.91 Å². The molecule has 1 aromatic rings. The largest absolute Gasteiger partial charge is 0.353 e. The first-order valence-electron chi connectivity index (χ1n) is 5.82. The highest BCUT2D eigenvalue weighted by atomic mass is 16.1. The van der Waals surface area contributed by atoms with Crippen molar-refractivity contribution in [1.82, 2.24) is 20.4 Å². The van der Waals surface area contributed by atoms with E-state index in [0.717, 1.165) is 25.9 Å². The summed E-state index contributed by atoms with van der Waals surface area (Å²) in [6.07, 6.45) is 6.18. The quantitative estimate of drug-likeness (QED) is 0.762. The summed E-state index contributed by atoms with van der Waals surface area (Å²) in [4.78, 5) is 11.6. The van der Waals surface area contributed by atoms with Crippen molar-refractivity contribution in [3.8, 4) is 0 Å². The van der Waals surface area contributed by atoms with Crippen LogP contribution in [0.25, 0.3) is 0 Å². The second kappa shape index (κ2) is 5.65. The fraction of sp³-hybridized carbons (Fsp3) is 0.636. The van der Waals surface area contributed by atoms with Gasteiger partial charge in [0.2, 0.25) is 5.91 Å². The topological polar surface area (TPSA) is 59.0 Å². The van der Waals surface area contributed by atoms with Crippen molar-refractivity contribution in [2.45, 2.75) is 31.8 Å². The van der Waals surface area contributed by atoms with Gasteiger partial charge < -0.3 is 10.6 Å². The van der Waals surface area contributed by atoms with Crippen LogP contribution in [0.5, 0.6) is 0 Å². The Labute approximate surface area is 95.2 Å². The lowest BCUT2D eigenvalue weighted by atomic mass is 10.1. The maximum atomic E-state index is 11.6. The fourth-order valence-electron chi connectivity index (χ4n) is 1.91. The third-order valence-electron chi connectivity index (χ3n) is 2.83. The standard InChI is InChI=1S/C11H18N4O/c16-11(4-9-15-8-1-5-13-15)14-10-2-6-12-7-3-10/h1,5,8,10,12H,2-4,6-7,9H2,(H,14,16). The zero-order valence-electron chi connectivity index (χ0n) is 9.35. The van der Waals surface area contributed by atoms with E-state index in [1.807, 2.05) is 12.3 Å². The van der Waals surface area contributed by atoms with Gasteiger partial charge in [-0.05, 0) is 32.0 Å². The summed E-state index contributed by atoms with van der Waals surface area (Å²) >= 11 is 0. The number of amides is 1. The number of nitrogens with zero attached hydrogens (tertiary/aromatic N) is 2. The number of nitrogens with one attached hydrogen (secondary N) is 2. The van der Waals surface area contributed by atoms with Crippen molar-refractivity contribution in [3.63, 3.8) is 0 Å². The van der Waals surface area contributed by atoms with E-state index in [2.05, 4.69) is 15.7 Å². The molecule has 5 heteroatoms. The van der Waals surface area contributed by atoms with E-state index < -0.39 is 0 Å². The van der Waals surface area contributed by atoms with Crippen molar-refractivity contribution in [2.24, 2.45) is 0 Å². The van der Waals surface area contributed by atoms with Gasteiger partial charge in [0.15, 0.2) is 0 Å². The minimum Gasteiger partial charge on any atom is -0.353 e. The van der Waals surface area contributed by atoms with Crippen LogP contribution in [0.1, 0.15) is 19.3 Å². The predicted octanol–water partition coefficient (Wildman–Crippen LogP) is 0.141. The highest BCUT2D eigenvalue weighted by Crippen LogP contribution is 2.02. The van der Waals surface area contributed by atoms with Crippen LogP contribution in [-0.2, 0) is 11.3 Å². The average Bonchev–Trinajstić information content (AvgIpc) is 2.81. The maximum Gasteiger partial charge on any atom is 0.222 e. The monoisotopic (exact) mass is 222 g/mol. The van der Waals surface area contributed by atoms with Crippen molar-refractivity contribution in [2.75, 3.05) is 13.1 Å². The molecule has 2 heterocycles. The Kier molecular flexibility index (Phi) is 3.93. The Morgan fingerprint density at radius 2 is 2.31 bits per heavy atom. The van der Waals surface area contributed by atoms with Crippen LogP contribution in [0.3, 0.4) is 0 Å². The van der Waals surface area contributed by atoms with Gasteiger partial charge in [0.05, 0.1) is 0 Å². The molecule has 0 atom stereocenters. The first kappa shape index (κ1) is 11.1. The lowest BCUT2D eigenvalue weighted by molar-refractivity contribution is -0.122. The molecule has 2 N–H and O–H groups in total. The maximum absolute atomic E-state index is 11.6. The summed E-state index contributed by atoms with van der Waals surface area (Å²) in [6, 6.07) is 2.22. The van der Waals surface area contributed by atoms with Crippen LogP contribution in [-0.4, -0.2) is 34.8 Å². The predicted molar refractivity (Wildman–Crippen MR) is 60.9 cm³/mol. The van der Waals surface area contributed by atoms with E-state index in [9.17, 15) is 4.79 Å². The summed E-state index contributed by atoms with van der Waals surface area (Å²) in [5.74, 6) is 0.127. The minimum absolute atomic E-state index is 0.127. The highest BCUT2D eigenvalue weighted by Gasteiger charge is 2.14. The van der Waals surface area contributed by atoms with E-state index in [1.165, 1.54) is 0 Å². The average molecular weight is 222 g/mol. The van der Waals surface area contributed by atoms with Gasteiger partial charge >= 0.3 is 0 Å². The van der Waals surface area contributed by atoms with Gasteiger partial charge in [-0.15, -0.1) is 0 Å². The zero-order valence-corrected chi connectivity index (χ0v) is 9.35. The normalized spacial score (nSPS) is 17.2. The van der Waals surface area contributed by atoms with Crippen molar-refractivity contribution in [3.05, 3.63) is 18.5 Å². The van der Waals surface area contributed by atoms with E-state index in [0.29, 0.717) is 19.0 Å².